The molecule has 0 saturated heterocycles. The number of rotatable bonds is 2. The summed E-state index contributed by atoms with van der Waals surface area (Å²) in [4.78, 5) is 12.6. The molecule has 0 radical (unpaired) electrons. The first-order chi connectivity index (χ1) is 8.42. The minimum absolute atomic E-state index is 0.0671. The van der Waals surface area contributed by atoms with Gasteiger partial charge in [0.15, 0.2) is 5.78 Å². The van der Waals surface area contributed by atoms with E-state index in [9.17, 15) is 9.18 Å². The van der Waals surface area contributed by atoms with E-state index in [0.717, 1.165) is 19.3 Å². The van der Waals surface area contributed by atoms with E-state index in [0.29, 0.717) is 11.1 Å². The lowest BCUT2D eigenvalue weighted by Crippen LogP contribution is -2.34. The molecular weight excluding hydrogens is 227 g/mol. The third kappa shape index (κ3) is 2.47. The third-order valence-electron chi connectivity index (χ3n) is 4.27. The monoisotopic (exact) mass is 248 g/mol. The Bertz CT molecular complexity index is 462. The Morgan fingerprint density at radius 3 is 2.67 bits per heavy atom. The lowest BCUT2D eigenvalue weighted by molar-refractivity contribution is 0.0697. The van der Waals surface area contributed by atoms with Crippen LogP contribution in [0.1, 0.15) is 55.5 Å². The largest absolute Gasteiger partial charge is 0.294 e. The fourth-order valence-corrected chi connectivity index (χ4v) is 2.98. The zero-order valence-electron chi connectivity index (χ0n) is 11.4. The smallest absolute Gasteiger partial charge is 0.166 e. The van der Waals surface area contributed by atoms with Crippen LogP contribution in [-0.2, 0) is 0 Å². The first-order valence-corrected chi connectivity index (χ1v) is 6.72. The van der Waals surface area contributed by atoms with Gasteiger partial charge in [-0.1, -0.05) is 26.7 Å². The van der Waals surface area contributed by atoms with Crippen molar-refractivity contribution in [1.29, 1.82) is 0 Å². The average Bonchev–Trinajstić information content (AvgIpc) is 2.31. The van der Waals surface area contributed by atoms with Crippen molar-refractivity contribution in [3.63, 3.8) is 0 Å². The second-order valence-electron chi connectivity index (χ2n) is 6.12. The molecule has 1 atom stereocenters. The van der Waals surface area contributed by atoms with E-state index in [-0.39, 0.29) is 22.9 Å². The van der Waals surface area contributed by atoms with Gasteiger partial charge in [0.25, 0.3) is 0 Å². The van der Waals surface area contributed by atoms with Gasteiger partial charge >= 0.3 is 0 Å². The van der Waals surface area contributed by atoms with Crippen molar-refractivity contribution >= 4 is 5.78 Å². The number of aryl methyl sites for hydroxylation is 1. The van der Waals surface area contributed by atoms with Crippen LogP contribution in [0, 0.1) is 24.1 Å². The van der Waals surface area contributed by atoms with E-state index in [1.165, 1.54) is 12.5 Å². The first kappa shape index (κ1) is 13.3. The molecule has 0 heterocycles. The maximum absolute atomic E-state index is 13.2. The van der Waals surface area contributed by atoms with E-state index < -0.39 is 0 Å². The maximum Gasteiger partial charge on any atom is 0.166 e. The molecule has 2 rings (SSSR count). The maximum atomic E-state index is 13.2. The Balaban J connectivity index is 2.27. The number of halogens is 1. The Morgan fingerprint density at radius 1 is 1.33 bits per heavy atom. The fourth-order valence-electron chi connectivity index (χ4n) is 2.98. The highest BCUT2D eigenvalue weighted by molar-refractivity contribution is 5.98. The molecule has 1 nitrogen and oxygen atoms in total. The van der Waals surface area contributed by atoms with Gasteiger partial charge in [0, 0.05) is 11.5 Å². The van der Waals surface area contributed by atoms with E-state index in [2.05, 4.69) is 13.8 Å². The van der Waals surface area contributed by atoms with Gasteiger partial charge < -0.3 is 0 Å². The minimum atomic E-state index is -0.241. The molecule has 1 fully saturated rings. The quantitative estimate of drug-likeness (QED) is 0.702. The summed E-state index contributed by atoms with van der Waals surface area (Å²) in [5.41, 5.74) is 1.28. The summed E-state index contributed by atoms with van der Waals surface area (Å²) in [6.45, 7) is 6.05. The summed E-state index contributed by atoms with van der Waals surface area (Å²) < 4.78 is 13.2. The Hall–Kier alpha value is -1.18. The normalized spacial score (nSPS) is 22.8. The molecule has 0 aromatic heterocycles. The van der Waals surface area contributed by atoms with Gasteiger partial charge in [-0.15, -0.1) is 0 Å². The number of carbonyl (C=O) groups is 1. The number of benzene rings is 1. The first-order valence-electron chi connectivity index (χ1n) is 6.72. The van der Waals surface area contributed by atoms with E-state index in [1.54, 1.807) is 19.1 Å². The molecule has 1 aliphatic rings. The second kappa shape index (κ2) is 4.83. The molecule has 1 unspecified atom stereocenters. The molecule has 18 heavy (non-hydrogen) atoms. The highest BCUT2D eigenvalue weighted by Gasteiger charge is 2.37. The van der Waals surface area contributed by atoms with Gasteiger partial charge in [-0.25, -0.2) is 4.39 Å². The summed E-state index contributed by atoms with van der Waals surface area (Å²) in [5.74, 6) is 0.0216. The van der Waals surface area contributed by atoms with Crippen molar-refractivity contribution in [2.45, 2.75) is 46.5 Å². The second-order valence-corrected chi connectivity index (χ2v) is 6.12. The summed E-state index contributed by atoms with van der Waals surface area (Å²) >= 11 is 0. The molecule has 98 valence electrons. The van der Waals surface area contributed by atoms with Crippen LogP contribution in [0.25, 0.3) is 0 Å². The number of Topliss-reactive ketones (excluding diaryl/α,β-unsaturated/α-hetero) is 1. The van der Waals surface area contributed by atoms with Crippen molar-refractivity contribution in [3.05, 3.63) is 35.1 Å². The van der Waals surface area contributed by atoms with Gasteiger partial charge in [-0.3, -0.25) is 4.79 Å². The van der Waals surface area contributed by atoms with Crippen molar-refractivity contribution in [2.24, 2.45) is 11.3 Å². The van der Waals surface area contributed by atoms with E-state index >= 15 is 0 Å². The van der Waals surface area contributed by atoms with Gasteiger partial charge in [0.05, 0.1) is 0 Å². The van der Waals surface area contributed by atoms with Crippen molar-refractivity contribution in [2.75, 3.05) is 0 Å². The van der Waals surface area contributed by atoms with Crippen LogP contribution >= 0.6 is 0 Å². The molecule has 1 aliphatic carbocycles. The third-order valence-corrected chi connectivity index (χ3v) is 4.27. The van der Waals surface area contributed by atoms with Gasteiger partial charge in [-0.05, 0) is 48.9 Å². The fraction of sp³-hybridized carbons (Fsp3) is 0.562. The van der Waals surface area contributed by atoms with Gasteiger partial charge in [0.2, 0.25) is 0 Å². The van der Waals surface area contributed by atoms with E-state index in [1.807, 2.05) is 0 Å². The predicted octanol–water partition coefficient (Wildman–Crippen LogP) is 4.53. The van der Waals surface area contributed by atoms with Crippen LogP contribution in [0.3, 0.4) is 0 Å². The molecular formula is C16H21FO. The standard InChI is InChI=1S/C16H21FO/c1-11-10-12(7-8-14(11)17)15(18)13-6-4-5-9-16(13,2)3/h7-8,10,13H,4-6,9H2,1-3H3. The van der Waals surface area contributed by atoms with Crippen LogP contribution < -0.4 is 0 Å². The predicted molar refractivity (Wildman–Crippen MR) is 71.2 cm³/mol. The van der Waals surface area contributed by atoms with Crippen LogP contribution in [0.5, 0.6) is 0 Å². The highest BCUT2D eigenvalue weighted by atomic mass is 19.1. The lowest BCUT2D eigenvalue weighted by Gasteiger charge is -2.37. The van der Waals surface area contributed by atoms with Crippen molar-refractivity contribution < 1.29 is 9.18 Å². The molecule has 0 bridgehead atoms. The summed E-state index contributed by atoms with van der Waals surface area (Å²) in [7, 11) is 0. The van der Waals surface area contributed by atoms with Crippen LogP contribution in [0.2, 0.25) is 0 Å². The molecule has 2 heteroatoms. The Morgan fingerprint density at radius 2 is 2.06 bits per heavy atom. The number of hydrogen-bond acceptors (Lipinski definition) is 1. The zero-order valence-corrected chi connectivity index (χ0v) is 11.4. The number of ketones is 1. The molecule has 0 spiro atoms. The molecule has 0 aliphatic heterocycles. The lowest BCUT2D eigenvalue weighted by atomic mass is 9.66. The zero-order chi connectivity index (χ0) is 13.3. The van der Waals surface area contributed by atoms with E-state index in [4.69, 9.17) is 0 Å². The molecule has 0 amide bonds. The summed E-state index contributed by atoms with van der Waals surface area (Å²) in [5, 5.41) is 0. The SMILES string of the molecule is Cc1cc(C(=O)C2CCCCC2(C)C)ccc1F. The summed E-state index contributed by atoms with van der Waals surface area (Å²) in [6.07, 6.45) is 4.39. The highest BCUT2D eigenvalue weighted by Crippen LogP contribution is 2.42. The topological polar surface area (TPSA) is 17.1 Å². The van der Waals surface area contributed by atoms with Gasteiger partial charge in [0.1, 0.15) is 5.82 Å². The molecule has 1 saturated carbocycles. The van der Waals surface area contributed by atoms with Crippen molar-refractivity contribution in [1.82, 2.24) is 0 Å². The Labute approximate surface area is 108 Å². The number of hydrogen-bond donors (Lipinski definition) is 0. The minimum Gasteiger partial charge on any atom is -0.294 e. The average molecular weight is 248 g/mol. The molecule has 1 aromatic carbocycles. The Kier molecular flexibility index (Phi) is 3.56. The van der Waals surface area contributed by atoms with Crippen molar-refractivity contribution in [3.8, 4) is 0 Å². The van der Waals surface area contributed by atoms with Crippen LogP contribution in [0.4, 0.5) is 4.39 Å². The molecule has 1 aromatic rings. The summed E-state index contributed by atoms with van der Waals surface area (Å²) in [6, 6.07) is 4.70. The molecule has 0 N–H and O–H groups in total. The van der Waals surface area contributed by atoms with Gasteiger partial charge in [-0.2, -0.15) is 0 Å². The number of carbonyl (C=O) groups excluding carboxylic acids is 1. The van der Waals surface area contributed by atoms with Crippen LogP contribution in [0.15, 0.2) is 18.2 Å². The van der Waals surface area contributed by atoms with Crippen LogP contribution in [-0.4, -0.2) is 5.78 Å².